The maximum absolute atomic E-state index is 5.86. The minimum absolute atomic E-state index is 0.387. The SMILES string of the molecule is NCc1c(-n2cc(Cl)cn2)nc2ccccn12. The molecule has 6 heteroatoms. The molecule has 0 bridgehead atoms. The van der Waals surface area contributed by atoms with Crippen LogP contribution in [-0.4, -0.2) is 19.2 Å². The lowest BCUT2D eigenvalue weighted by molar-refractivity contribution is 0.825. The fraction of sp³-hybridized carbons (Fsp3) is 0.0909. The van der Waals surface area contributed by atoms with Gasteiger partial charge in [-0.25, -0.2) is 9.67 Å². The maximum atomic E-state index is 5.86. The van der Waals surface area contributed by atoms with Gasteiger partial charge >= 0.3 is 0 Å². The molecule has 3 heterocycles. The number of hydrogen-bond acceptors (Lipinski definition) is 3. The second kappa shape index (κ2) is 3.87. The van der Waals surface area contributed by atoms with Crippen molar-refractivity contribution in [2.75, 3.05) is 0 Å². The van der Waals surface area contributed by atoms with Crippen LogP contribution in [0.2, 0.25) is 5.02 Å². The number of pyridine rings is 1. The van der Waals surface area contributed by atoms with Crippen LogP contribution in [0, 0.1) is 0 Å². The maximum Gasteiger partial charge on any atom is 0.176 e. The van der Waals surface area contributed by atoms with Gasteiger partial charge in [-0.3, -0.25) is 0 Å². The second-order valence-corrected chi connectivity index (χ2v) is 4.05. The van der Waals surface area contributed by atoms with E-state index in [0.29, 0.717) is 17.4 Å². The molecule has 0 fully saturated rings. The van der Waals surface area contributed by atoms with E-state index in [4.69, 9.17) is 17.3 Å². The quantitative estimate of drug-likeness (QED) is 0.749. The highest BCUT2D eigenvalue weighted by Crippen LogP contribution is 2.17. The largest absolute Gasteiger partial charge is 0.325 e. The number of imidazole rings is 1. The van der Waals surface area contributed by atoms with Crippen LogP contribution in [0.25, 0.3) is 11.5 Å². The first-order valence-electron chi connectivity index (χ1n) is 5.16. The number of fused-ring (bicyclic) bond motifs is 1. The highest BCUT2D eigenvalue weighted by molar-refractivity contribution is 6.30. The van der Waals surface area contributed by atoms with Gasteiger partial charge in [-0.05, 0) is 12.1 Å². The van der Waals surface area contributed by atoms with Gasteiger partial charge in [0.05, 0.1) is 23.1 Å². The molecular formula is C11H10ClN5. The second-order valence-electron chi connectivity index (χ2n) is 3.62. The Morgan fingerprint density at radius 2 is 2.24 bits per heavy atom. The number of rotatable bonds is 2. The molecule has 0 aliphatic carbocycles. The molecule has 0 aliphatic heterocycles. The van der Waals surface area contributed by atoms with E-state index in [1.54, 1.807) is 17.1 Å². The normalized spacial score (nSPS) is 11.2. The molecule has 0 spiro atoms. The van der Waals surface area contributed by atoms with Gasteiger partial charge in [0.1, 0.15) is 5.65 Å². The summed E-state index contributed by atoms with van der Waals surface area (Å²) < 4.78 is 3.59. The van der Waals surface area contributed by atoms with Gasteiger partial charge in [-0.15, -0.1) is 0 Å². The summed E-state index contributed by atoms with van der Waals surface area (Å²) in [6, 6.07) is 5.80. The van der Waals surface area contributed by atoms with Crippen molar-refractivity contribution in [1.82, 2.24) is 19.2 Å². The first kappa shape index (κ1) is 10.3. The van der Waals surface area contributed by atoms with Crippen LogP contribution in [0.4, 0.5) is 0 Å². The van der Waals surface area contributed by atoms with Crippen molar-refractivity contribution in [2.24, 2.45) is 5.73 Å². The van der Waals surface area contributed by atoms with Crippen LogP contribution in [0.1, 0.15) is 5.69 Å². The van der Waals surface area contributed by atoms with Gasteiger partial charge in [0.25, 0.3) is 0 Å². The van der Waals surface area contributed by atoms with Crippen molar-refractivity contribution in [3.8, 4) is 5.82 Å². The van der Waals surface area contributed by atoms with Crippen LogP contribution in [0.5, 0.6) is 0 Å². The Kier molecular flexibility index (Phi) is 2.35. The lowest BCUT2D eigenvalue weighted by atomic mass is 10.4. The number of halogens is 1. The van der Waals surface area contributed by atoms with Crippen LogP contribution < -0.4 is 5.73 Å². The molecule has 0 saturated carbocycles. The molecule has 0 atom stereocenters. The summed E-state index contributed by atoms with van der Waals surface area (Å²) in [5.41, 5.74) is 7.52. The number of nitrogens with zero attached hydrogens (tertiary/aromatic N) is 4. The Morgan fingerprint density at radius 3 is 2.94 bits per heavy atom. The number of aromatic nitrogens is 4. The lowest BCUT2D eigenvalue weighted by Gasteiger charge is -2.00. The molecule has 3 aromatic heterocycles. The van der Waals surface area contributed by atoms with E-state index in [9.17, 15) is 0 Å². The van der Waals surface area contributed by atoms with Crippen molar-refractivity contribution in [3.63, 3.8) is 0 Å². The third-order valence-electron chi connectivity index (χ3n) is 2.57. The van der Waals surface area contributed by atoms with Gasteiger partial charge in [0.15, 0.2) is 5.82 Å². The molecular weight excluding hydrogens is 238 g/mol. The smallest absolute Gasteiger partial charge is 0.176 e. The molecule has 2 N–H and O–H groups in total. The summed E-state index contributed by atoms with van der Waals surface area (Å²) in [6.07, 6.45) is 5.22. The van der Waals surface area contributed by atoms with E-state index in [0.717, 1.165) is 11.3 Å². The van der Waals surface area contributed by atoms with Gasteiger partial charge in [0, 0.05) is 12.7 Å². The van der Waals surface area contributed by atoms with Crippen molar-refractivity contribution >= 4 is 17.2 Å². The van der Waals surface area contributed by atoms with Crippen molar-refractivity contribution in [3.05, 3.63) is 47.5 Å². The Balaban J connectivity index is 2.29. The lowest BCUT2D eigenvalue weighted by Crippen LogP contribution is -2.06. The predicted molar refractivity (Wildman–Crippen MR) is 65.2 cm³/mol. The summed E-state index contributed by atoms with van der Waals surface area (Å²) in [7, 11) is 0. The topological polar surface area (TPSA) is 61.1 Å². The third kappa shape index (κ3) is 1.60. The van der Waals surface area contributed by atoms with Gasteiger partial charge in [-0.2, -0.15) is 5.10 Å². The summed E-state index contributed by atoms with van der Waals surface area (Å²) in [4.78, 5) is 4.49. The molecule has 3 rings (SSSR count). The van der Waals surface area contributed by atoms with Crippen LogP contribution in [-0.2, 0) is 6.54 Å². The molecule has 0 amide bonds. The van der Waals surface area contributed by atoms with E-state index in [-0.39, 0.29) is 0 Å². The summed E-state index contributed by atoms with van der Waals surface area (Å²) in [5.74, 6) is 0.714. The minimum Gasteiger partial charge on any atom is -0.325 e. The zero-order valence-electron chi connectivity index (χ0n) is 8.92. The average molecular weight is 248 g/mol. The fourth-order valence-corrected chi connectivity index (χ4v) is 1.96. The molecule has 0 unspecified atom stereocenters. The Hall–Kier alpha value is -1.85. The van der Waals surface area contributed by atoms with E-state index in [1.807, 2.05) is 28.8 Å². The molecule has 0 saturated heterocycles. The van der Waals surface area contributed by atoms with Gasteiger partial charge in [-0.1, -0.05) is 17.7 Å². The third-order valence-corrected chi connectivity index (χ3v) is 2.76. The Bertz CT molecular complexity index is 669. The van der Waals surface area contributed by atoms with E-state index in [2.05, 4.69) is 10.1 Å². The predicted octanol–water partition coefficient (Wildman–Crippen LogP) is 1.63. The molecule has 0 radical (unpaired) electrons. The van der Waals surface area contributed by atoms with Crippen LogP contribution >= 0.6 is 11.6 Å². The van der Waals surface area contributed by atoms with Gasteiger partial charge in [0.2, 0.25) is 0 Å². The molecule has 17 heavy (non-hydrogen) atoms. The summed E-state index contributed by atoms with van der Waals surface area (Å²) in [6.45, 7) is 0.387. The zero-order chi connectivity index (χ0) is 11.8. The molecule has 3 aromatic rings. The van der Waals surface area contributed by atoms with Crippen molar-refractivity contribution in [2.45, 2.75) is 6.54 Å². The van der Waals surface area contributed by atoms with Crippen molar-refractivity contribution in [1.29, 1.82) is 0 Å². The molecule has 86 valence electrons. The zero-order valence-corrected chi connectivity index (χ0v) is 9.67. The molecule has 5 nitrogen and oxygen atoms in total. The number of nitrogens with two attached hydrogens (primary N) is 1. The average Bonchev–Trinajstić information content (AvgIpc) is 2.91. The molecule has 0 aliphatic rings. The number of hydrogen-bond donors (Lipinski definition) is 1. The summed E-state index contributed by atoms with van der Waals surface area (Å²) >= 11 is 5.86. The van der Waals surface area contributed by atoms with Crippen LogP contribution in [0.15, 0.2) is 36.8 Å². The Morgan fingerprint density at radius 1 is 1.35 bits per heavy atom. The van der Waals surface area contributed by atoms with E-state index >= 15 is 0 Å². The van der Waals surface area contributed by atoms with E-state index in [1.165, 1.54) is 0 Å². The van der Waals surface area contributed by atoms with E-state index < -0.39 is 0 Å². The monoisotopic (exact) mass is 247 g/mol. The minimum atomic E-state index is 0.387. The standard InChI is InChI=1S/C11H10ClN5/c12-8-6-14-17(7-8)11-9(5-13)16-4-2-1-3-10(16)15-11/h1-4,6-7H,5,13H2. The van der Waals surface area contributed by atoms with Gasteiger partial charge < -0.3 is 10.1 Å². The summed E-state index contributed by atoms with van der Waals surface area (Å²) in [5, 5.41) is 4.72. The van der Waals surface area contributed by atoms with Crippen molar-refractivity contribution < 1.29 is 0 Å². The first-order valence-corrected chi connectivity index (χ1v) is 5.54. The Labute approximate surface area is 102 Å². The highest BCUT2D eigenvalue weighted by atomic mass is 35.5. The first-order chi connectivity index (χ1) is 8.29. The highest BCUT2D eigenvalue weighted by Gasteiger charge is 2.12. The fourth-order valence-electron chi connectivity index (χ4n) is 1.82. The molecule has 0 aromatic carbocycles. The van der Waals surface area contributed by atoms with Crippen LogP contribution in [0.3, 0.4) is 0 Å².